The van der Waals surface area contributed by atoms with Crippen LogP contribution in [0.2, 0.25) is 0 Å². The van der Waals surface area contributed by atoms with Crippen molar-refractivity contribution in [3.05, 3.63) is 96.4 Å². The Morgan fingerprint density at radius 3 is 2.16 bits per heavy atom. The molecule has 3 heterocycles. The van der Waals surface area contributed by atoms with Gasteiger partial charge < -0.3 is 4.52 Å². The SMILES string of the molecule is CN1C2CC[C@@H]1[C@H](c1nc(-c3ccccc3)no1)[C@@H](c1ccc(-c3ccccc3)cc1)C2. The minimum absolute atomic E-state index is 0.214. The van der Waals surface area contributed by atoms with Gasteiger partial charge in [-0.15, -0.1) is 0 Å². The highest BCUT2D eigenvalue weighted by Crippen LogP contribution is 2.50. The molecule has 2 aliphatic rings. The summed E-state index contributed by atoms with van der Waals surface area (Å²) in [6.45, 7) is 0. The molecule has 3 aromatic carbocycles. The highest BCUT2D eigenvalue weighted by molar-refractivity contribution is 5.63. The molecule has 0 radical (unpaired) electrons. The van der Waals surface area contributed by atoms with Gasteiger partial charge in [0, 0.05) is 17.6 Å². The zero-order chi connectivity index (χ0) is 21.5. The third kappa shape index (κ3) is 3.35. The molecule has 2 saturated heterocycles. The summed E-state index contributed by atoms with van der Waals surface area (Å²) >= 11 is 0. The fourth-order valence-corrected chi connectivity index (χ4v) is 5.77. The average Bonchev–Trinajstić information content (AvgIpc) is 3.43. The first-order valence-corrected chi connectivity index (χ1v) is 11.5. The molecule has 1 aromatic heterocycles. The first-order valence-electron chi connectivity index (χ1n) is 11.5. The van der Waals surface area contributed by atoms with Crippen LogP contribution in [0, 0.1) is 0 Å². The largest absolute Gasteiger partial charge is 0.339 e. The third-order valence-electron chi connectivity index (χ3n) is 7.47. The van der Waals surface area contributed by atoms with E-state index in [1.54, 1.807) is 0 Å². The van der Waals surface area contributed by atoms with Crippen LogP contribution in [0.25, 0.3) is 22.5 Å². The van der Waals surface area contributed by atoms with Crippen molar-refractivity contribution in [3.63, 3.8) is 0 Å². The Kier molecular flexibility index (Phi) is 4.88. The number of aromatic nitrogens is 2. The topological polar surface area (TPSA) is 42.2 Å². The lowest BCUT2D eigenvalue weighted by atomic mass is 9.76. The molecule has 2 aliphatic heterocycles. The van der Waals surface area contributed by atoms with E-state index in [-0.39, 0.29) is 5.92 Å². The van der Waals surface area contributed by atoms with Crippen molar-refractivity contribution < 1.29 is 4.52 Å². The van der Waals surface area contributed by atoms with Crippen LogP contribution in [0.4, 0.5) is 0 Å². The van der Waals surface area contributed by atoms with E-state index in [0.29, 0.717) is 23.8 Å². The van der Waals surface area contributed by atoms with Crippen LogP contribution in [-0.4, -0.2) is 34.2 Å². The highest BCUT2D eigenvalue weighted by atomic mass is 16.5. The van der Waals surface area contributed by atoms with Gasteiger partial charge in [0.2, 0.25) is 11.7 Å². The van der Waals surface area contributed by atoms with Crippen LogP contribution in [0.15, 0.2) is 89.5 Å². The van der Waals surface area contributed by atoms with Crippen LogP contribution in [0.5, 0.6) is 0 Å². The number of benzene rings is 3. The molecule has 6 rings (SSSR count). The molecule has 2 fully saturated rings. The van der Waals surface area contributed by atoms with Crippen molar-refractivity contribution in [1.82, 2.24) is 15.0 Å². The minimum atomic E-state index is 0.214. The smallest absolute Gasteiger partial charge is 0.232 e. The number of hydrogen-bond acceptors (Lipinski definition) is 4. The molecule has 0 saturated carbocycles. The lowest BCUT2D eigenvalue weighted by molar-refractivity contribution is 0.120. The van der Waals surface area contributed by atoms with Crippen molar-refractivity contribution in [2.24, 2.45) is 0 Å². The maximum atomic E-state index is 5.91. The quantitative estimate of drug-likeness (QED) is 0.397. The average molecular weight is 422 g/mol. The number of likely N-dealkylation sites (N-methyl/N-ethyl adjacent to an activating group) is 1. The normalized spacial score (nSPS) is 25.2. The van der Waals surface area contributed by atoms with Gasteiger partial charge in [0.05, 0.1) is 5.92 Å². The van der Waals surface area contributed by atoms with E-state index in [0.717, 1.165) is 17.9 Å². The van der Waals surface area contributed by atoms with Gasteiger partial charge in [-0.1, -0.05) is 90.1 Å². The van der Waals surface area contributed by atoms with Gasteiger partial charge in [-0.3, -0.25) is 4.90 Å². The van der Waals surface area contributed by atoms with Crippen molar-refractivity contribution >= 4 is 0 Å². The van der Waals surface area contributed by atoms with Crippen molar-refractivity contribution in [3.8, 4) is 22.5 Å². The Bertz CT molecular complexity index is 1190. The molecule has 32 heavy (non-hydrogen) atoms. The molecular weight excluding hydrogens is 394 g/mol. The highest BCUT2D eigenvalue weighted by Gasteiger charge is 2.48. The second-order valence-electron chi connectivity index (χ2n) is 9.14. The number of hydrogen-bond donors (Lipinski definition) is 0. The molecule has 0 N–H and O–H groups in total. The van der Waals surface area contributed by atoms with Gasteiger partial charge in [0.15, 0.2) is 0 Å². The van der Waals surface area contributed by atoms with E-state index in [9.17, 15) is 0 Å². The predicted molar refractivity (Wildman–Crippen MR) is 126 cm³/mol. The monoisotopic (exact) mass is 421 g/mol. The number of piperidine rings is 1. The molecule has 4 heteroatoms. The fraction of sp³-hybridized carbons (Fsp3) is 0.286. The Hall–Kier alpha value is -3.24. The molecule has 160 valence electrons. The van der Waals surface area contributed by atoms with Gasteiger partial charge in [-0.2, -0.15) is 4.98 Å². The zero-order valence-corrected chi connectivity index (χ0v) is 18.3. The second kappa shape index (κ2) is 8.03. The summed E-state index contributed by atoms with van der Waals surface area (Å²) in [7, 11) is 2.26. The van der Waals surface area contributed by atoms with Gasteiger partial charge in [-0.25, -0.2) is 0 Å². The Morgan fingerprint density at radius 1 is 0.781 bits per heavy atom. The number of rotatable bonds is 4. The van der Waals surface area contributed by atoms with Crippen LogP contribution in [0.3, 0.4) is 0 Å². The fourth-order valence-electron chi connectivity index (χ4n) is 5.77. The molecule has 4 atom stereocenters. The summed E-state index contributed by atoms with van der Waals surface area (Å²) in [5.74, 6) is 2.06. The minimum Gasteiger partial charge on any atom is -0.339 e. The van der Waals surface area contributed by atoms with Gasteiger partial charge in [0.25, 0.3) is 0 Å². The summed E-state index contributed by atoms with van der Waals surface area (Å²) in [6, 6.07) is 30.9. The zero-order valence-electron chi connectivity index (χ0n) is 18.3. The van der Waals surface area contributed by atoms with E-state index < -0.39 is 0 Å². The van der Waals surface area contributed by atoms with E-state index in [1.807, 2.05) is 30.3 Å². The predicted octanol–water partition coefficient (Wildman–Crippen LogP) is 6.14. The van der Waals surface area contributed by atoms with Gasteiger partial charge in [0.1, 0.15) is 0 Å². The summed E-state index contributed by atoms with van der Waals surface area (Å²) in [6.07, 6.45) is 3.56. The summed E-state index contributed by atoms with van der Waals surface area (Å²) in [4.78, 5) is 7.44. The molecule has 1 unspecified atom stereocenters. The number of nitrogens with zero attached hydrogens (tertiary/aromatic N) is 3. The first kappa shape index (κ1) is 19.4. The number of fused-ring (bicyclic) bond motifs is 2. The molecule has 0 spiro atoms. The maximum absolute atomic E-state index is 5.91. The maximum Gasteiger partial charge on any atom is 0.232 e. The molecule has 4 aromatic rings. The van der Waals surface area contributed by atoms with Crippen LogP contribution >= 0.6 is 0 Å². The van der Waals surface area contributed by atoms with E-state index in [1.165, 1.54) is 29.5 Å². The Morgan fingerprint density at radius 2 is 1.44 bits per heavy atom. The summed E-state index contributed by atoms with van der Waals surface area (Å²) in [5, 5.41) is 4.35. The van der Waals surface area contributed by atoms with E-state index in [2.05, 4.69) is 71.7 Å². The Balaban J connectivity index is 1.35. The van der Waals surface area contributed by atoms with Crippen LogP contribution < -0.4 is 0 Å². The van der Waals surface area contributed by atoms with E-state index >= 15 is 0 Å². The molecule has 0 aliphatic carbocycles. The second-order valence-corrected chi connectivity index (χ2v) is 9.14. The summed E-state index contributed by atoms with van der Waals surface area (Å²) < 4.78 is 5.91. The molecule has 2 bridgehead atoms. The van der Waals surface area contributed by atoms with Crippen LogP contribution in [0.1, 0.15) is 42.6 Å². The van der Waals surface area contributed by atoms with Crippen LogP contribution in [-0.2, 0) is 0 Å². The van der Waals surface area contributed by atoms with Crippen molar-refractivity contribution in [2.45, 2.75) is 43.2 Å². The van der Waals surface area contributed by atoms with Crippen molar-refractivity contribution in [1.29, 1.82) is 0 Å². The van der Waals surface area contributed by atoms with Gasteiger partial charge >= 0.3 is 0 Å². The standard InChI is InChI=1S/C28H27N3O/c1-31-23-16-17-25(31)26(28-29-27(30-32-28)22-10-6-3-7-11-22)24(18-23)21-14-12-20(13-15-21)19-8-4-2-5-9-19/h2-15,23-26H,16-18H2,1H3/t23?,24-,25-,26-/m1/s1. The van der Waals surface area contributed by atoms with Crippen molar-refractivity contribution in [2.75, 3.05) is 7.05 Å². The molecule has 4 nitrogen and oxygen atoms in total. The lowest BCUT2D eigenvalue weighted by Crippen LogP contribution is -2.44. The Labute approximate surface area is 188 Å². The van der Waals surface area contributed by atoms with Gasteiger partial charge in [-0.05, 0) is 48.9 Å². The van der Waals surface area contributed by atoms with E-state index in [4.69, 9.17) is 9.51 Å². The molecular formula is C28H27N3O. The molecule has 0 amide bonds. The lowest BCUT2D eigenvalue weighted by Gasteiger charge is -2.41. The summed E-state index contributed by atoms with van der Waals surface area (Å²) in [5.41, 5.74) is 4.88. The first-order chi connectivity index (χ1) is 15.8. The third-order valence-corrected chi connectivity index (χ3v) is 7.47.